The van der Waals surface area contributed by atoms with Crippen LogP contribution >= 0.6 is 0 Å². The molecule has 0 unspecified atom stereocenters. The van der Waals surface area contributed by atoms with E-state index in [-0.39, 0.29) is 0 Å². The van der Waals surface area contributed by atoms with Gasteiger partial charge in [-0.2, -0.15) is 0 Å². The van der Waals surface area contributed by atoms with E-state index in [0.717, 1.165) is 22.4 Å². The van der Waals surface area contributed by atoms with E-state index in [4.69, 9.17) is 4.98 Å². The van der Waals surface area contributed by atoms with Crippen molar-refractivity contribution in [1.82, 2.24) is 18.5 Å². The van der Waals surface area contributed by atoms with Crippen LogP contribution in [-0.2, 0) is 0 Å². The summed E-state index contributed by atoms with van der Waals surface area (Å²) in [6.45, 7) is 0. The lowest BCUT2D eigenvalue weighted by Crippen LogP contribution is -1.96. The molecule has 0 atom stereocenters. The molecule has 0 bridgehead atoms. The summed E-state index contributed by atoms with van der Waals surface area (Å²) in [5, 5.41) is 8.54. The van der Waals surface area contributed by atoms with E-state index >= 15 is 0 Å². The van der Waals surface area contributed by atoms with Crippen molar-refractivity contribution >= 4 is 70.9 Å². The average molecular weight is 549 g/mol. The van der Waals surface area contributed by atoms with E-state index in [0.29, 0.717) is 0 Å². The fourth-order valence-corrected chi connectivity index (χ4v) is 7.33. The second-order valence-corrected chi connectivity index (χ2v) is 11.3. The molecule has 0 spiro atoms. The third-order valence-corrected chi connectivity index (χ3v) is 9.06. The maximum absolute atomic E-state index is 4.95. The Morgan fingerprint density at radius 1 is 0.419 bits per heavy atom. The molecule has 0 radical (unpaired) electrons. The molecule has 0 amide bonds. The second kappa shape index (κ2) is 8.34. The van der Waals surface area contributed by atoms with Crippen molar-refractivity contribution in [1.29, 1.82) is 0 Å². The highest BCUT2D eigenvalue weighted by Gasteiger charge is 2.21. The third kappa shape index (κ3) is 2.97. The highest BCUT2D eigenvalue weighted by Crippen LogP contribution is 2.42. The Morgan fingerprint density at radius 2 is 1.05 bits per heavy atom. The van der Waals surface area contributed by atoms with Crippen LogP contribution in [0.15, 0.2) is 146 Å². The predicted octanol–water partition coefficient (Wildman–Crippen LogP) is 9.83. The lowest BCUT2D eigenvalue weighted by atomic mass is 10.0. The SMILES string of the molecule is c1ccc(-n2c3ccccc3c3cc4c(cc32)c2ccc3c(c5ccccc5n3-c3ccccc3)c2n2ccnc42)cc1. The number of fused-ring (bicyclic) bond motifs is 13. The van der Waals surface area contributed by atoms with Crippen LogP contribution in [0.25, 0.3) is 82.3 Å². The topological polar surface area (TPSA) is 27.2 Å². The van der Waals surface area contributed by atoms with Gasteiger partial charge in [0.25, 0.3) is 0 Å². The number of hydrogen-bond donors (Lipinski definition) is 0. The van der Waals surface area contributed by atoms with E-state index in [9.17, 15) is 0 Å². The Hall–Kier alpha value is -5.87. The largest absolute Gasteiger partial charge is 0.309 e. The number of rotatable bonds is 2. The molecular formula is C39H24N4. The summed E-state index contributed by atoms with van der Waals surface area (Å²) in [7, 11) is 0. The fraction of sp³-hybridized carbons (Fsp3) is 0. The molecule has 0 fully saturated rings. The molecule has 43 heavy (non-hydrogen) atoms. The minimum absolute atomic E-state index is 0.977. The molecule has 4 heteroatoms. The molecule has 10 aromatic rings. The van der Waals surface area contributed by atoms with Crippen molar-refractivity contribution in [2.45, 2.75) is 0 Å². The zero-order valence-corrected chi connectivity index (χ0v) is 23.1. The van der Waals surface area contributed by atoms with Gasteiger partial charge in [0.1, 0.15) is 5.65 Å². The molecule has 4 heterocycles. The van der Waals surface area contributed by atoms with Gasteiger partial charge in [-0.05, 0) is 60.0 Å². The summed E-state index contributed by atoms with van der Waals surface area (Å²) >= 11 is 0. The van der Waals surface area contributed by atoms with Crippen molar-refractivity contribution < 1.29 is 0 Å². The highest BCUT2D eigenvalue weighted by molar-refractivity contribution is 6.28. The van der Waals surface area contributed by atoms with Gasteiger partial charge in [-0.25, -0.2) is 4.98 Å². The van der Waals surface area contributed by atoms with Crippen LogP contribution in [-0.4, -0.2) is 18.5 Å². The van der Waals surface area contributed by atoms with Gasteiger partial charge >= 0.3 is 0 Å². The Morgan fingerprint density at radius 3 is 1.79 bits per heavy atom. The van der Waals surface area contributed by atoms with Gasteiger partial charge in [0.15, 0.2) is 0 Å². The first-order valence-corrected chi connectivity index (χ1v) is 14.7. The van der Waals surface area contributed by atoms with Crippen molar-refractivity contribution in [3.05, 3.63) is 146 Å². The number of para-hydroxylation sites is 4. The van der Waals surface area contributed by atoms with Crippen molar-refractivity contribution in [2.75, 3.05) is 0 Å². The molecule has 200 valence electrons. The molecule has 0 saturated heterocycles. The summed E-state index contributed by atoms with van der Waals surface area (Å²) in [4.78, 5) is 4.95. The molecule has 4 aromatic heterocycles. The van der Waals surface area contributed by atoms with Crippen molar-refractivity contribution in [3.8, 4) is 11.4 Å². The molecule has 0 aliphatic rings. The maximum atomic E-state index is 4.95. The Balaban J connectivity index is 1.44. The molecule has 10 rings (SSSR count). The molecule has 6 aromatic carbocycles. The van der Waals surface area contributed by atoms with Crippen molar-refractivity contribution in [3.63, 3.8) is 0 Å². The normalized spacial score (nSPS) is 12.2. The highest BCUT2D eigenvalue weighted by atomic mass is 15.0. The summed E-state index contributed by atoms with van der Waals surface area (Å²) in [5.41, 5.74) is 9.27. The van der Waals surface area contributed by atoms with Crippen LogP contribution in [0.4, 0.5) is 0 Å². The van der Waals surface area contributed by atoms with Crippen molar-refractivity contribution in [2.24, 2.45) is 0 Å². The van der Waals surface area contributed by atoms with E-state index in [1.54, 1.807) is 0 Å². The first-order valence-electron chi connectivity index (χ1n) is 14.7. The number of aromatic nitrogens is 4. The number of pyridine rings is 1. The van der Waals surface area contributed by atoms with Gasteiger partial charge in [0.05, 0.1) is 27.6 Å². The lowest BCUT2D eigenvalue weighted by Gasteiger charge is -2.13. The van der Waals surface area contributed by atoms with E-state index in [1.807, 2.05) is 6.20 Å². The first-order chi connectivity index (χ1) is 21.4. The van der Waals surface area contributed by atoms with E-state index < -0.39 is 0 Å². The van der Waals surface area contributed by atoms with Crippen LogP contribution in [0.3, 0.4) is 0 Å². The standard InChI is InChI=1S/C39H24N4/c1-3-11-25(12-4-1)42-34-18-10-8-16-29(34)37-35(42)20-19-28-30-24-36-31(23-32(30)39-40-21-22-41(39)38(28)37)27-15-7-9-17-33(27)43(36)26-13-5-2-6-14-26/h1-24H. The second-order valence-electron chi connectivity index (χ2n) is 11.3. The zero-order chi connectivity index (χ0) is 28.1. The number of benzene rings is 6. The van der Waals surface area contributed by atoms with Crippen LogP contribution < -0.4 is 0 Å². The number of imidazole rings is 1. The number of hydrogen-bond acceptors (Lipinski definition) is 1. The molecule has 4 nitrogen and oxygen atoms in total. The summed E-state index contributed by atoms with van der Waals surface area (Å²) in [5.74, 6) is 0. The summed E-state index contributed by atoms with van der Waals surface area (Å²) in [6.07, 6.45) is 4.05. The predicted molar refractivity (Wildman–Crippen MR) is 179 cm³/mol. The molecular weight excluding hydrogens is 524 g/mol. The maximum Gasteiger partial charge on any atom is 0.145 e. The summed E-state index contributed by atoms with van der Waals surface area (Å²) in [6, 6.07) is 48.1. The van der Waals surface area contributed by atoms with Gasteiger partial charge in [-0.15, -0.1) is 0 Å². The number of nitrogens with zero attached hydrogens (tertiary/aromatic N) is 4. The smallest absolute Gasteiger partial charge is 0.145 e. The third-order valence-electron chi connectivity index (χ3n) is 9.06. The van der Waals surface area contributed by atoms with Gasteiger partial charge in [0, 0.05) is 56.1 Å². The zero-order valence-electron chi connectivity index (χ0n) is 23.1. The van der Waals surface area contributed by atoms with Crippen LogP contribution in [0, 0.1) is 0 Å². The Kier molecular flexibility index (Phi) is 4.42. The van der Waals surface area contributed by atoms with Gasteiger partial charge < -0.3 is 9.13 Å². The minimum Gasteiger partial charge on any atom is -0.309 e. The van der Waals surface area contributed by atoms with Gasteiger partial charge in [-0.3, -0.25) is 4.40 Å². The van der Waals surface area contributed by atoms with Crippen LogP contribution in [0.2, 0.25) is 0 Å². The van der Waals surface area contributed by atoms with E-state index in [1.165, 1.54) is 59.9 Å². The van der Waals surface area contributed by atoms with E-state index in [2.05, 4.69) is 153 Å². The average Bonchev–Trinajstić information content (AvgIpc) is 3.77. The van der Waals surface area contributed by atoms with Crippen LogP contribution in [0.5, 0.6) is 0 Å². The van der Waals surface area contributed by atoms with Crippen LogP contribution in [0.1, 0.15) is 0 Å². The molecule has 0 N–H and O–H groups in total. The quantitative estimate of drug-likeness (QED) is 0.198. The Labute approximate surface area is 246 Å². The van der Waals surface area contributed by atoms with Gasteiger partial charge in [0.2, 0.25) is 0 Å². The molecule has 0 aliphatic carbocycles. The Bertz CT molecular complexity index is 2710. The summed E-state index contributed by atoms with van der Waals surface area (Å²) < 4.78 is 7.07. The lowest BCUT2D eigenvalue weighted by molar-refractivity contribution is 1.18. The molecule has 0 saturated carbocycles. The first kappa shape index (κ1) is 22.8. The monoisotopic (exact) mass is 548 g/mol. The minimum atomic E-state index is 0.977. The fourth-order valence-electron chi connectivity index (χ4n) is 7.33. The molecule has 0 aliphatic heterocycles. The van der Waals surface area contributed by atoms with Gasteiger partial charge in [-0.1, -0.05) is 78.9 Å².